The molecule has 7 heteroatoms. The van der Waals surface area contributed by atoms with Crippen LogP contribution in [0.5, 0.6) is 0 Å². The maximum absolute atomic E-state index is 12.4. The first-order valence-electron chi connectivity index (χ1n) is 7.93. The Morgan fingerprint density at radius 3 is 2.62 bits per heavy atom. The summed E-state index contributed by atoms with van der Waals surface area (Å²) in [7, 11) is 0. The lowest BCUT2D eigenvalue weighted by Crippen LogP contribution is -2.52. The molecule has 1 saturated heterocycles. The SMILES string of the molecule is C=CCNC(=O)CN1CCN(C(=O)Nc2ccccc2SC)CC1. The molecular weight excluding hydrogens is 324 g/mol. The van der Waals surface area contributed by atoms with Crippen molar-refractivity contribution in [1.29, 1.82) is 0 Å². The van der Waals surface area contributed by atoms with Gasteiger partial charge in [-0.2, -0.15) is 0 Å². The standard InChI is InChI=1S/C17H24N4O2S/c1-3-8-18-16(22)13-20-9-11-21(12-10-20)17(23)19-14-6-4-5-7-15(14)24-2/h3-7H,1,8-13H2,2H3,(H,18,22)(H,19,23). The Morgan fingerprint density at radius 2 is 1.96 bits per heavy atom. The number of rotatable bonds is 6. The Bertz CT molecular complexity index is 586. The first-order valence-corrected chi connectivity index (χ1v) is 9.15. The summed E-state index contributed by atoms with van der Waals surface area (Å²) in [6.45, 7) is 7.03. The quantitative estimate of drug-likeness (QED) is 0.608. The van der Waals surface area contributed by atoms with E-state index in [4.69, 9.17) is 0 Å². The van der Waals surface area contributed by atoms with E-state index in [1.165, 1.54) is 0 Å². The predicted octanol–water partition coefficient (Wildman–Crippen LogP) is 1.86. The highest BCUT2D eigenvalue weighted by Gasteiger charge is 2.22. The number of benzene rings is 1. The number of thioether (sulfide) groups is 1. The molecule has 0 unspecified atom stereocenters. The largest absolute Gasteiger partial charge is 0.352 e. The Morgan fingerprint density at radius 1 is 1.25 bits per heavy atom. The number of carbonyl (C=O) groups excluding carboxylic acids is 2. The highest BCUT2D eigenvalue weighted by molar-refractivity contribution is 7.98. The van der Waals surface area contributed by atoms with E-state index in [1.807, 2.05) is 30.5 Å². The topological polar surface area (TPSA) is 64.7 Å². The molecule has 0 atom stereocenters. The van der Waals surface area contributed by atoms with Gasteiger partial charge in [0.25, 0.3) is 0 Å². The minimum Gasteiger partial charge on any atom is -0.352 e. The van der Waals surface area contributed by atoms with Gasteiger partial charge in [0.15, 0.2) is 0 Å². The van der Waals surface area contributed by atoms with Gasteiger partial charge in [-0.3, -0.25) is 9.69 Å². The summed E-state index contributed by atoms with van der Waals surface area (Å²) < 4.78 is 0. The van der Waals surface area contributed by atoms with Gasteiger partial charge < -0.3 is 15.5 Å². The van der Waals surface area contributed by atoms with Gasteiger partial charge in [-0.1, -0.05) is 18.2 Å². The van der Waals surface area contributed by atoms with Crippen LogP contribution in [0.25, 0.3) is 0 Å². The lowest BCUT2D eigenvalue weighted by molar-refractivity contribution is -0.122. The molecule has 0 aliphatic carbocycles. The second kappa shape index (κ2) is 9.34. The van der Waals surface area contributed by atoms with Crippen LogP contribution in [-0.4, -0.2) is 67.3 Å². The van der Waals surface area contributed by atoms with Crippen LogP contribution in [0.3, 0.4) is 0 Å². The molecule has 1 aromatic rings. The third-order valence-corrected chi connectivity index (χ3v) is 4.61. The van der Waals surface area contributed by atoms with Gasteiger partial charge in [0, 0.05) is 37.6 Å². The molecule has 1 aliphatic heterocycles. The van der Waals surface area contributed by atoms with Gasteiger partial charge in [0.2, 0.25) is 5.91 Å². The molecule has 1 aromatic carbocycles. The third-order valence-electron chi connectivity index (χ3n) is 3.82. The fraction of sp³-hybridized carbons (Fsp3) is 0.412. The number of piperazine rings is 1. The summed E-state index contributed by atoms with van der Waals surface area (Å²) in [4.78, 5) is 29.0. The Hall–Kier alpha value is -1.99. The molecule has 0 aromatic heterocycles. The minimum absolute atomic E-state index is 0.0123. The normalized spacial score (nSPS) is 15.0. The van der Waals surface area contributed by atoms with Crippen molar-refractivity contribution < 1.29 is 9.59 Å². The lowest BCUT2D eigenvalue weighted by atomic mass is 10.3. The van der Waals surface area contributed by atoms with Crippen molar-refractivity contribution in [2.75, 3.05) is 50.8 Å². The number of nitrogens with zero attached hydrogens (tertiary/aromatic N) is 2. The zero-order chi connectivity index (χ0) is 17.4. The molecule has 2 rings (SSSR count). The lowest BCUT2D eigenvalue weighted by Gasteiger charge is -2.34. The number of carbonyl (C=O) groups is 2. The number of para-hydroxylation sites is 1. The summed E-state index contributed by atoms with van der Waals surface area (Å²) in [5, 5.41) is 5.74. The molecule has 24 heavy (non-hydrogen) atoms. The van der Waals surface area contributed by atoms with Gasteiger partial charge >= 0.3 is 6.03 Å². The van der Waals surface area contributed by atoms with Gasteiger partial charge in [-0.05, 0) is 18.4 Å². The Kier molecular flexibility index (Phi) is 7.14. The van der Waals surface area contributed by atoms with Crippen molar-refractivity contribution in [1.82, 2.24) is 15.1 Å². The molecule has 130 valence electrons. The molecule has 1 heterocycles. The molecule has 0 spiro atoms. The Balaban J connectivity index is 1.80. The number of nitrogens with one attached hydrogen (secondary N) is 2. The van der Waals surface area contributed by atoms with Crippen LogP contribution >= 0.6 is 11.8 Å². The third kappa shape index (κ3) is 5.28. The molecule has 1 aliphatic rings. The van der Waals surface area contributed by atoms with E-state index in [9.17, 15) is 9.59 Å². The number of amides is 3. The maximum atomic E-state index is 12.4. The van der Waals surface area contributed by atoms with Crippen molar-refractivity contribution in [3.05, 3.63) is 36.9 Å². The zero-order valence-corrected chi connectivity index (χ0v) is 14.8. The molecule has 2 N–H and O–H groups in total. The van der Waals surface area contributed by atoms with E-state index < -0.39 is 0 Å². The molecule has 0 bridgehead atoms. The van der Waals surface area contributed by atoms with E-state index in [0.29, 0.717) is 39.3 Å². The monoisotopic (exact) mass is 348 g/mol. The maximum Gasteiger partial charge on any atom is 0.321 e. The van der Waals surface area contributed by atoms with Crippen molar-refractivity contribution >= 4 is 29.4 Å². The van der Waals surface area contributed by atoms with Crippen LogP contribution in [0.2, 0.25) is 0 Å². The predicted molar refractivity (Wildman–Crippen MR) is 98.5 cm³/mol. The average Bonchev–Trinajstić information content (AvgIpc) is 2.61. The summed E-state index contributed by atoms with van der Waals surface area (Å²) in [6.07, 6.45) is 3.65. The first-order chi connectivity index (χ1) is 11.6. The second-order valence-corrected chi connectivity index (χ2v) is 6.33. The van der Waals surface area contributed by atoms with E-state index in [0.717, 1.165) is 10.6 Å². The van der Waals surface area contributed by atoms with Gasteiger partial charge in [-0.15, -0.1) is 18.3 Å². The van der Waals surface area contributed by atoms with Crippen LogP contribution in [0.15, 0.2) is 41.8 Å². The number of hydrogen-bond acceptors (Lipinski definition) is 4. The number of urea groups is 1. The van der Waals surface area contributed by atoms with E-state index in [1.54, 1.807) is 22.7 Å². The van der Waals surface area contributed by atoms with Gasteiger partial charge in [0.1, 0.15) is 0 Å². The number of hydrogen-bond donors (Lipinski definition) is 2. The van der Waals surface area contributed by atoms with E-state index in [-0.39, 0.29) is 11.9 Å². The van der Waals surface area contributed by atoms with Crippen LogP contribution in [-0.2, 0) is 4.79 Å². The minimum atomic E-state index is -0.0905. The highest BCUT2D eigenvalue weighted by atomic mass is 32.2. The van der Waals surface area contributed by atoms with Crippen molar-refractivity contribution in [3.63, 3.8) is 0 Å². The van der Waals surface area contributed by atoms with Crippen molar-refractivity contribution in [3.8, 4) is 0 Å². The number of anilines is 1. The molecule has 0 saturated carbocycles. The average molecular weight is 348 g/mol. The van der Waals surface area contributed by atoms with Crippen LogP contribution in [0.4, 0.5) is 10.5 Å². The second-order valence-electron chi connectivity index (χ2n) is 5.49. The smallest absolute Gasteiger partial charge is 0.321 e. The summed E-state index contributed by atoms with van der Waals surface area (Å²) in [6, 6.07) is 7.67. The Labute approximate surface area is 147 Å². The van der Waals surface area contributed by atoms with Crippen molar-refractivity contribution in [2.45, 2.75) is 4.90 Å². The van der Waals surface area contributed by atoms with Gasteiger partial charge in [0.05, 0.1) is 12.2 Å². The molecular formula is C17H24N4O2S. The fourth-order valence-corrected chi connectivity index (χ4v) is 3.05. The van der Waals surface area contributed by atoms with Crippen molar-refractivity contribution in [2.24, 2.45) is 0 Å². The fourth-order valence-electron chi connectivity index (χ4n) is 2.50. The van der Waals surface area contributed by atoms with Gasteiger partial charge in [-0.25, -0.2) is 4.79 Å². The zero-order valence-electron chi connectivity index (χ0n) is 14.0. The highest BCUT2D eigenvalue weighted by Crippen LogP contribution is 2.24. The molecule has 1 fully saturated rings. The molecule has 3 amide bonds. The van der Waals surface area contributed by atoms with E-state index >= 15 is 0 Å². The van der Waals surface area contributed by atoms with Crippen LogP contribution in [0, 0.1) is 0 Å². The van der Waals surface area contributed by atoms with Crippen LogP contribution in [0.1, 0.15) is 0 Å². The summed E-state index contributed by atoms with van der Waals surface area (Å²) in [5.74, 6) is -0.0123. The van der Waals surface area contributed by atoms with Crippen LogP contribution < -0.4 is 10.6 Å². The summed E-state index contributed by atoms with van der Waals surface area (Å²) in [5.41, 5.74) is 0.834. The summed E-state index contributed by atoms with van der Waals surface area (Å²) >= 11 is 1.60. The molecule has 0 radical (unpaired) electrons. The first kappa shape index (κ1) is 18.4. The van der Waals surface area contributed by atoms with E-state index in [2.05, 4.69) is 22.1 Å². The molecule has 6 nitrogen and oxygen atoms in total.